The molecule has 76 heavy (non-hydrogen) atoms. The first-order chi connectivity index (χ1) is 37.7. The van der Waals surface area contributed by atoms with Crippen molar-refractivity contribution in [1.82, 2.24) is 19.9 Å². The summed E-state index contributed by atoms with van der Waals surface area (Å²) in [5.74, 6) is 5.03. The van der Waals surface area contributed by atoms with Crippen LogP contribution in [0.1, 0.15) is 153 Å². The van der Waals surface area contributed by atoms with Gasteiger partial charge in [-0.3, -0.25) is 0 Å². The zero-order chi connectivity index (χ0) is 52.2. The predicted molar refractivity (Wildman–Crippen MR) is 315 cm³/mol. The van der Waals surface area contributed by atoms with E-state index in [9.17, 15) is 0 Å². The van der Waals surface area contributed by atoms with E-state index in [2.05, 4.69) is 131 Å². The summed E-state index contributed by atoms with van der Waals surface area (Å²) in [7, 11) is 0. The molecular formula is C68H82N4O4. The lowest BCUT2D eigenvalue weighted by molar-refractivity contribution is 0.286. The first-order valence-electron chi connectivity index (χ1n) is 29.0. The summed E-state index contributed by atoms with van der Waals surface area (Å²) in [5, 5.41) is 4.67. The number of rotatable bonds is 35. The Morgan fingerprint density at radius 3 is 1.05 bits per heavy atom. The van der Waals surface area contributed by atoms with Crippen molar-refractivity contribution in [2.24, 2.45) is 0 Å². The third-order valence-corrected chi connectivity index (χ3v) is 14.4. The maximum atomic E-state index is 6.72. The molecule has 0 atom stereocenters. The van der Waals surface area contributed by atoms with Crippen LogP contribution in [0.2, 0.25) is 0 Å². The standard InChI is InChI=1S/C68H82N4O4/c1-3-5-7-9-11-17-27-53-49-69-67(70-50-53)57-33-39-59(40-34-57)73-45-23-13-15-25-47-75-63-43-37-55-29-19-21-31-61(55)65(63)66-62-32-22-20-30-56(62)38-44-64(66)76-48-26-16-14-24-46-74-60-41-35-58(36-42-60)68-71-51-54(52-72-68)28-18-12-10-8-6-4-2/h19-22,29-44,49-52H,3-18,23-28,45-48H2,1-2H3. The topological polar surface area (TPSA) is 88.5 Å². The summed E-state index contributed by atoms with van der Waals surface area (Å²) in [6, 6.07) is 42.2. The molecule has 0 radical (unpaired) electrons. The van der Waals surface area contributed by atoms with Crippen LogP contribution in [0.25, 0.3) is 55.4 Å². The predicted octanol–water partition coefficient (Wildman–Crippen LogP) is 18.4. The summed E-state index contributed by atoms with van der Waals surface area (Å²) < 4.78 is 25.7. The number of aryl methyl sites for hydroxylation is 2. The Balaban J connectivity index is 0.764. The lowest BCUT2D eigenvalue weighted by atomic mass is 9.92. The molecule has 6 aromatic carbocycles. The van der Waals surface area contributed by atoms with E-state index >= 15 is 0 Å². The van der Waals surface area contributed by atoms with Gasteiger partial charge in [-0.2, -0.15) is 0 Å². The van der Waals surface area contributed by atoms with E-state index in [1.54, 1.807) is 0 Å². The maximum absolute atomic E-state index is 6.72. The van der Waals surface area contributed by atoms with Crippen molar-refractivity contribution < 1.29 is 18.9 Å². The van der Waals surface area contributed by atoms with Crippen LogP contribution in [-0.2, 0) is 12.8 Å². The highest BCUT2D eigenvalue weighted by Gasteiger charge is 2.19. The van der Waals surface area contributed by atoms with Crippen molar-refractivity contribution in [2.75, 3.05) is 26.4 Å². The lowest BCUT2D eigenvalue weighted by Crippen LogP contribution is -2.03. The van der Waals surface area contributed by atoms with Crippen molar-refractivity contribution in [3.63, 3.8) is 0 Å². The summed E-state index contributed by atoms with van der Waals surface area (Å²) in [6.45, 7) is 7.15. The highest BCUT2D eigenvalue weighted by atomic mass is 16.5. The maximum Gasteiger partial charge on any atom is 0.159 e. The molecule has 0 aliphatic carbocycles. The molecule has 0 N–H and O–H groups in total. The van der Waals surface area contributed by atoms with Gasteiger partial charge in [0.25, 0.3) is 0 Å². The van der Waals surface area contributed by atoms with Crippen molar-refractivity contribution in [3.05, 3.63) is 157 Å². The fraction of sp³-hybridized carbons (Fsp3) is 0.412. The van der Waals surface area contributed by atoms with Crippen LogP contribution >= 0.6 is 0 Å². The minimum atomic E-state index is 0.633. The summed E-state index contributed by atoms with van der Waals surface area (Å²) >= 11 is 0. The van der Waals surface area contributed by atoms with E-state index in [1.165, 1.54) is 98.9 Å². The van der Waals surface area contributed by atoms with E-state index in [-0.39, 0.29) is 0 Å². The average molecular weight is 1020 g/mol. The van der Waals surface area contributed by atoms with Crippen LogP contribution in [0.3, 0.4) is 0 Å². The van der Waals surface area contributed by atoms with Gasteiger partial charge in [-0.15, -0.1) is 0 Å². The van der Waals surface area contributed by atoms with Gasteiger partial charge in [0.2, 0.25) is 0 Å². The second-order valence-corrected chi connectivity index (χ2v) is 20.5. The molecule has 8 nitrogen and oxygen atoms in total. The monoisotopic (exact) mass is 1020 g/mol. The molecule has 0 aliphatic rings. The summed E-state index contributed by atoms with van der Waals surface area (Å²) in [4.78, 5) is 18.6. The third kappa shape index (κ3) is 17.1. The van der Waals surface area contributed by atoms with E-state index in [0.717, 1.165) is 132 Å². The van der Waals surface area contributed by atoms with Gasteiger partial charge in [0, 0.05) is 47.0 Å². The molecule has 398 valence electrons. The van der Waals surface area contributed by atoms with Gasteiger partial charge in [-0.05, 0) is 170 Å². The van der Waals surface area contributed by atoms with Crippen LogP contribution in [0.4, 0.5) is 0 Å². The van der Waals surface area contributed by atoms with Gasteiger partial charge in [0.1, 0.15) is 23.0 Å². The Morgan fingerprint density at radius 1 is 0.316 bits per heavy atom. The largest absolute Gasteiger partial charge is 0.494 e. The summed E-state index contributed by atoms with van der Waals surface area (Å²) in [5.41, 5.74) is 6.62. The number of nitrogens with zero attached hydrogens (tertiary/aromatic N) is 4. The van der Waals surface area contributed by atoms with Crippen LogP contribution in [0.15, 0.2) is 146 Å². The minimum absolute atomic E-state index is 0.633. The highest BCUT2D eigenvalue weighted by Crippen LogP contribution is 2.45. The molecule has 0 fully saturated rings. The number of hydrogen-bond donors (Lipinski definition) is 0. The third-order valence-electron chi connectivity index (χ3n) is 14.4. The average Bonchev–Trinajstić information content (AvgIpc) is 3.48. The Morgan fingerprint density at radius 2 is 0.658 bits per heavy atom. The second-order valence-electron chi connectivity index (χ2n) is 20.5. The van der Waals surface area contributed by atoms with Gasteiger partial charge in [0.15, 0.2) is 11.6 Å². The Bertz CT molecular complexity index is 2700. The molecule has 8 heteroatoms. The molecule has 0 saturated heterocycles. The fourth-order valence-corrected chi connectivity index (χ4v) is 10.0. The van der Waals surface area contributed by atoms with E-state index < -0.39 is 0 Å². The lowest BCUT2D eigenvalue weighted by Gasteiger charge is -2.20. The number of ether oxygens (including phenoxy) is 4. The molecule has 8 aromatic rings. The van der Waals surface area contributed by atoms with Gasteiger partial charge >= 0.3 is 0 Å². The Hall–Kier alpha value is -6.80. The summed E-state index contributed by atoms with van der Waals surface area (Å²) in [6.07, 6.45) is 33.7. The smallest absolute Gasteiger partial charge is 0.159 e. The number of hydrogen-bond acceptors (Lipinski definition) is 8. The molecule has 0 unspecified atom stereocenters. The highest BCUT2D eigenvalue weighted by molar-refractivity contribution is 6.09. The van der Waals surface area contributed by atoms with Crippen molar-refractivity contribution in [3.8, 4) is 56.9 Å². The van der Waals surface area contributed by atoms with Gasteiger partial charge in [-0.1, -0.05) is 139 Å². The molecule has 0 amide bonds. The van der Waals surface area contributed by atoms with Crippen LogP contribution < -0.4 is 18.9 Å². The normalized spacial score (nSPS) is 11.3. The second kappa shape index (κ2) is 31.3. The van der Waals surface area contributed by atoms with E-state index in [4.69, 9.17) is 18.9 Å². The zero-order valence-corrected chi connectivity index (χ0v) is 45.7. The Labute approximate surface area is 454 Å². The van der Waals surface area contributed by atoms with Crippen LogP contribution in [0, 0.1) is 0 Å². The molecule has 0 aliphatic heterocycles. The molecule has 0 saturated carbocycles. The first kappa shape index (κ1) is 55.4. The minimum Gasteiger partial charge on any atom is -0.494 e. The number of unbranched alkanes of at least 4 members (excludes halogenated alkanes) is 16. The quantitative estimate of drug-likeness (QED) is 0.0363. The van der Waals surface area contributed by atoms with Crippen LogP contribution in [-0.4, -0.2) is 46.4 Å². The molecule has 2 heterocycles. The molecule has 0 spiro atoms. The number of fused-ring (bicyclic) bond motifs is 2. The Kier molecular flexibility index (Phi) is 22.8. The van der Waals surface area contributed by atoms with Crippen molar-refractivity contribution >= 4 is 21.5 Å². The molecule has 8 rings (SSSR count). The van der Waals surface area contributed by atoms with Gasteiger partial charge < -0.3 is 18.9 Å². The van der Waals surface area contributed by atoms with E-state index in [0.29, 0.717) is 26.4 Å². The number of aromatic nitrogens is 4. The van der Waals surface area contributed by atoms with Crippen LogP contribution in [0.5, 0.6) is 23.0 Å². The molecule has 2 aromatic heterocycles. The zero-order valence-electron chi connectivity index (χ0n) is 45.7. The van der Waals surface area contributed by atoms with Gasteiger partial charge in [-0.25, -0.2) is 19.9 Å². The van der Waals surface area contributed by atoms with Crippen molar-refractivity contribution in [2.45, 2.75) is 155 Å². The first-order valence-corrected chi connectivity index (χ1v) is 29.0. The SMILES string of the molecule is CCCCCCCCc1cnc(-c2ccc(OCCCCCCOc3ccc4ccccc4c3-c3c(OCCCCCCOc4ccc(-c5ncc(CCCCCCCC)cn5)cc4)ccc4ccccc34)cc2)nc1. The fourth-order valence-electron chi connectivity index (χ4n) is 10.0. The molecular weight excluding hydrogens is 937 g/mol. The van der Waals surface area contributed by atoms with E-state index in [1.807, 2.05) is 49.1 Å². The van der Waals surface area contributed by atoms with Crippen molar-refractivity contribution in [1.29, 1.82) is 0 Å². The van der Waals surface area contributed by atoms with Gasteiger partial charge in [0.05, 0.1) is 26.4 Å². The molecule has 0 bridgehead atoms. The number of benzene rings is 6.